The highest BCUT2D eigenvalue weighted by molar-refractivity contribution is 5.71. The molecule has 0 spiro atoms. The molecular weight excluding hydrogens is 961 g/mol. The van der Waals surface area contributed by atoms with Crippen LogP contribution in [0.4, 0.5) is 0 Å². The van der Waals surface area contributed by atoms with Crippen LogP contribution in [0.1, 0.15) is 335 Å². The summed E-state index contributed by atoms with van der Waals surface area (Å²) in [5, 5.41) is 0. The smallest absolute Gasteiger partial charge is 0.306 e. The van der Waals surface area contributed by atoms with Gasteiger partial charge >= 0.3 is 17.9 Å². The summed E-state index contributed by atoms with van der Waals surface area (Å²) in [7, 11) is 0. The Labute approximate surface area is 484 Å². The lowest BCUT2D eigenvalue weighted by Gasteiger charge is -2.18. The summed E-state index contributed by atoms with van der Waals surface area (Å²) in [6.45, 7) is 6.54. The largest absolute Gasteiger partial charge is 0.462 e. The zero-order chi connectivity index (χ0) is 56.4. The number of carbonyl (C=O) groups is 3. The molecule has 0 aromatic rings. The third-order valence-corrected chi connectivity index (χ3v) is 14.6. The summed E-state index contributed by atoms with van der Waals surface area (Å²) in [4.78, 5) is 38.3. The van der Waals surface area contributed by atoms with Gasteiger partial charge in [0.15, 0.2) is 6.10 Å². The summed E-state index contributed by atoms with van der Waals surface area (Å²) >= 11 is 0. The van der Waals surface area contributed by atoms with E-state index in [0.717, 1.165) is 103 Å². The van der Waals surface area contributed by atoms with E-state index in [0.29, 0.717) is 19.3 Å². The van der Waals surface area contributed by atoms with Gasteiger partial charge in [-0.15, -0.1) is 0 Å². The molecule has 0 fully saturated rings. The molecule has 0 amide bonds. The van der Waals surface area contributed by atoms with Crippen molar-refractivity contribution in [3.63, 3.8) is 0 Å². The number of ether oxygens (including phenoxy) is 3. The Morgan fingerprint density at radius 3 is 0.808 bits per heavy atom. The van der Waals surface area contributed by atoms with E-state index in [1.54, 1.807) is 0 Å². The van der Waals surface area contributed by atoms with Gasteiger partial charge in [0.2, 0.25) is 0 Å². The van der Waals surface area contributed by atoms with Crippen LogP contribution in [0.5, 0.6) is 0 Å². The first-order valence-electron chi connectivity index (χ1n) is 33.6. The first-order valence-corrected chi connectivity index (χ1v) is 33.6. The molecule has 78 heavy (non-hydrogen) atoms. The van der Waals surface area contributed by atoms with Gasteiger partial charge in [-0.2, -0.15) is 0 Å². The van der Waals surface area contributed by atoms with E-state index in [4.69, 9.17) is 14.2 Å². The lowest BCUT2D eigenvalue weighted by Crippen LogP contribution is -2.30. The Kier molecular flexibility index (Phi) is 63.2. The van der Waals surface area contributed by atoms with Crippen LogP contribution in [0, 0.1) is 0 Å². The van der Waals surface area contributed by atoms with Gasteiger partial charge in [-0.05, 0) is 96.3 Å². The van der Waals surface area contributed by atoms with E-state index in [9.17, 15) is 14.4 Å². The predicted octanol–water partition coefficient (Wildman–Crippen LogP) is 23.1. The second-order valence-electron chi connectivity index (χ2n) is 22.4. The highest BCUT2D eigenvalue weighted by Gasteiger charge is 2.19. The van der Waals surface area contributed by atoms with Gasteiger partial charge in [0.1, 0.15) is 13.2 Å². The molecule has 0 bridgehead atoms. The first kappa shape index (κ1) is 74.6. The van der Waals surface area contributed by atoms with Crippen molar-refractivity contribution in [2.24, 2.45) is 0 Å². The summed E-state index contributed by atoms with van der Waals surface area (Å²) in [6.07, 6.45) is 87.4. The molecule has 0 aromatic carbocycles. The van der Waals surface area contributed by atoms with Crippen LogP contribution in [0.2, 0.25) is 0 Å². The van der Waals surface area contributed by atoms with Crippen molar-refractivity contribution in [1.82, 2.24) is 0 Å². The van der Waals surface area contributed by atoms with Crippen molar-refractivity contribution in [3.05, 3.63) is 85.1 Å². The van der Waals surface area contributed by atoms with Gasteiger partial charge in [-0.25, -0.2) is 0 Å². The van der Waals surface area contributed by atoms with Gasteiger partial charge in [0.05, 0.1) is 0 Å². The lowest BCUT2D eigenvalue weighted by atomic mass is 10.0. The SMILES string of the molecule is CC/C=C\C/C=C\C/C=C\C/C=C\C/C=C\C/C=C\CCCCCCCCCCCCCCC(=O)OCC(COC(=O)CCCCCCC/C=C\CCCCCC)OC(=O)CCCCCCCCCCCCCCCCCC. The van der Waals surface area contributed by atoms with Crippen molar-refractivity contribution in [1.29, 1.82) is 0 Å². The summed E-state index contributed by atoms with van der Waals surface area (Å²) in [5.74, 6) is -0.869. The van der Waals surface area contributed by atoms with Crippen LogP contribution < -0.4 is 0 Å². The molecule has 0 heterocycles. The van der Waals surface area contributed by atoms with Crippen molar-refractivity contribution in [3.8, 4) is 0 Å². The Morgan fingerprint density at radius 1 is 0.269 bits per heavy atom. The van der Waals surface area contributed by atoms with Gasteiger partial charge in [-0.1, -0.05) is 305 Å². The molecule has 0 saturated carbocycles. The Hall–Kier alpha value is -3.41. The zero-order valence-electron chi connectivity index (χ0n) is 51.7. The van der Waals surface area contributed by atoms with Gasteiger partial charge < -0.3 is 14.2 Å². The number of esters is 3. The Balaban J connectivity index is 4.22. The number of hydrogen-bond acceptors (Lipinski definition) is 6. The van der Waals surface area contributed by atoms with Crippen molar-refractivity contribution >= 4 is 17.9 Å². The minimum atomic E-state index is -0.778. The average molecular weight is 1090 g/mol. The van der Waals surface area contributed by atoms with Crippen molar-refractivity contribution in [2.45, 2.75) is 341 Å². The maximum Gasteiger partial charge on any atom is 0.306 e. The van der Waals surface area contributed by atoms with Crippen LogP contribution in [0.25, 0.3) is 0 Å². The van der Waals surface area contributed by atoms with E-state index in [1.807, 2.05) is 0 Å². The monoisotopic (exact) mass is 1090 g/mol. The van der Waals surface area contributed by atoms with Gasteiger partial charge in [0.25, 0.3) is 0 Å². The maximum atomic E-state index is 12.9. The van der Waals surface area contributed by atoms with E-state index >= 15 is 0 Å². The molecule has 0 aliphatic rings. The normalized spacial score (nSPS) is 12.6. The summed E-state index contributed by atoms with van der Waals surface area (Å²) < 4.78 is 16.9. The fourth-order valence-electron chi connectivity index (χ4n) is 9.62. The molecular formula is C72H126O6. The Bertz CT molecular complexity index is 1480. The molecule has 0 aliphatic carbocycles. The van der Waals surface area contributed by atoms with Crippen LogP contribution in [-0.4, -0.2) is 37.2 Å². The van der Waals surface area contributed by atoms with Gasteiger partial charge in [-0.3, -0.25) is 14.4 Å². The van der Waals surface area contributed by atoms with Crippen molar-refractivity contribution < 1.29 is 28.6 Å². The molecule has 0 saturated heterocycles. The third-order valence-electron chi connectivity index (χ3n) is 14.6. The third kappa shape index (κ3) is 63.4. The molecule has 0 N–H and O–H groups in total. The molecule has 1 atom stereocenters. The fraction of sp³-hybridized carbons (Fsp3) is 0.764. The Morgan fingerprint density at radius 2 is 0.500 bits per heavy atom. The maximum absolute atomic E-state index is 12.9. The van der Waals surface area contributed by atoms with E-state index < -0.39 is 6.10 Å². The van der Waals surface area contributed by atoms with Crippen molar-refractivity contribution in [2.75, 3.05) is 13.2 Å². The van der Waals surface area contributed by atoms with Crippen LogP contribution in [0.3, 0.4) is 0 Å². The molecule has 6 heteroatoms. The quantitative estimate of drug-likeness (QED) is 0.0261. The standard InChI is InChI=1S/C72H126O6/c1-4-7-10-13-16-19-22-25-27-29-30-31-32-33-34-35-36-37-38-39-40-41-42-43-45-47-50-53-56-59-62-65-71(74)77-68-69(67-76-70(73)64-61-58-55-52-49-46-24-21-18-15-12-9-6-3)78-72(75)66-63-60-57-54-51-48-44-28-26-23-20-17-14-11-8-5-2/h7,10,16,19,21,24-25,27,30-31,33-34,36-37,69H,4-6,8-9,11-15,17-18,20,22-23,26,28-29,32,35,38-68H2,1-3H3/b10-7-,19-16-,24-21-,27-25-,31-30-,34-33-,37-36-. The molecule has 0 radical (unpaired) electrons. The topological polar surface area (TPSA) is 78.9 Å². The number of unbranched alkanes of at least 4 members (excludes halogenated alkanes) is 36. The first-order chi connectivity index (χ1) is 38.5. The van der Waals surface area contributed by atoms with E-state index in [1.165, 1.54) is 193 Å². The van der Waals surface area contributed by atoms with Crippen LogP contribution >= 0.6 is 0 Å². The highest BCUT2D eigenvalue weighted by atomic mass is 16.6. The van der Waals surface area contributed by atoms with Gasteiger partial charge in [0, 0.05) is 19.3 Å². The molecule has 1 unspecified atom stereocenters. The molecule has 0 rings (SSSR count). The molecule has 0 aliphatic heterocycles. The van der Waals surface area contributed by atoms with Crippen LogP contribution in [0.15, 0.2) is 85.1 Å². The molecule has 450 valence electrons. The minimum absolute atomic E-state index is 0.0759. The summed E-state index contributed by atoms with van der Waals surface area (Å²) in [5.41, 5.74) is 0. The number of carbonyl (C=O) groups excluding carboxylic acids is 3. The minimum Gasteiger partial charge on any atom is -0.462 e. The lowest BCUT2D eigenvalue weighted by molar-refractivity contribution is -0.167. The van der Waals surface area contributed by atoms with E-state index in [2.05, 4.69) is 106 Å². The summed E-state index contributed by atoms with van der Waals surface area (Å²) in [6, 6.07) is 0. The van der Waals surface area contributed by atoms with E-state index in [-0.39, 0.29) is 31.1 Å². The average Bonchev–Trinajstić information content (AvgIpc) is 3.44. The fourth-order valence-corrected chi connectivity index (χ4v) is 9.62. The highest BCUT2D eigenvalue weighted by Crippen LogP contribution is 2.17. The number of allylic oxidation sites excluding steroid dienone is 14. The second kappa shape index (κ2) is 66.1. The molecule has 0 aromatic heterocycles. The number of rotatable bonds is 61. The van der Waals surface area contributed by atoms with Crippen LogP contribution in [-0.2, 0) is 28.6 Å². The molecule has 6 nitrogen and oxygen atoms in total. The second-order valence-corrected chi connectivity index (χ2v) is 22.4. The zero-order valence-corrected chi connectivity index (χ0v) is 51.7. The number of hydrogen-bond donors (Lipinski definition) is 0. The predicted molar refractivity (Wildman–Crippen MR) is 339 cm³/mol.